The molecule has 0 bridgehead atoms. The minimum absolute atomic E-state index is 0. The second-order valence-corrected chi connectivity index (χ2v) is 5.97. The lowest BCUT2D eigenvalue weighted by molar-refractivity contribution is -0.137. The zero-order valence-electron chi connectivity index (χ0n) is 10.9. The molecule has 0 aromatic carbocycles. The number of rotatable bonds is 3. The smallest absolute Gasteiger partial charge is 0.227 e. The monoisotopic (exact) mass is 260 g/mol. The SMILES string of the molecule is CN(CC1CC1)C(=O)C1CCCCC1(C)N.Cl. The molecule has 100 valence electrons. The lowest BCUT2D eigenvalue weighted by Crippen LogP contribution is -2.53. The van der Waals surface area contributed by atoms with Crippen molar-refractivity contribution in [3.63, 3.8) is 0 Å². The van der Waals surface area contributed by atoms with Gasteiger partial charge in [0.25, 0.3) is 0 Å². The van der Waals surface area contributed by atoms with Gasteiger partial charge in [0.2, 0.25) is 5.91 Å². The maximum Gasteiger partial charge on any atom is 0.227 e. The Morgan fingerprint density at radius 3 is 2.53 bits per heavy atom. The van der Waals surface area contributed by atoms with E-state index < -0.39 is 0 Å². The second kappa shape index (κ2) is 5.57. The van der Waals surface area contributed by atoms with E-state index in [4.69, 9.17) is 5.73 Å². The molecule has 0 aliphatic heterocycles. The van der Waals surface area contributed by atoms with Gasteiger partial charge in [-0.1, -0.05) is 12.8 Å². The van der Waals surface area contributed by atoms with Crippen LogP contribution in [0.2, 0.25) is 0 Å². The van der Waals surface area contributed by atoms with Gasteiger partial charge in [0.15, 0.2) is 0 Å². The lowest BCUT2D eigenvalue weighted by atomic mass is 9.74. The molecule has 2 unspecified atom stereocenters. The van der Waals surface area contributed by atoms with Crippen molar-refractivity contribution in [2.75, 3.05) is 13.6 Å². The minimum Gasteiger partial charge on any atom is -0.345 e. The predicted molar refractivity (Wildman–Crippen MR) is 72.2 cm³/mol. The number of nitrogens with two attached hydrogens (primary N) is 1. The number of carbonyl (C=O) groups excluding carboxylic acids is 1. The zero-order valence-corrected chi connectivity index (χ0v) is 11.8. The molecular formula is C13H25ClN2O. The Hall–Kier alpha value is -0.280. The maximum absolute atomic E-state index is 12.3. The quantitative estimate of drug-likeness (QED) is 0.846. The molecule has 0 heterocycles. The summed E-state index contributed by atoms with van der Waals surface area (Å²) in [6, 6.07) is 0. The summed E-state index contributed by atoms with van der Waals surface area (Å²) in [5, 5.41) is 0. The molecule has 4 heteroatoms. The van der Waals surface area contributed by atoms with Gasteiger partial charge < -0.3 is 10.6 Å². The average Bonchev–Trinajstić information content (AvgIpc) is 3.00. The van der Waals surface area contributed by atoms with Crippen molar-refractivity contribution in [2.24, 2.45) is 17.6 Å². The van der Waals surface area contributed by atoms with Gasteiger partial charge in [0.1, 0.15) is 0 Å². The Morgan fingerprint density at radius 2 is 2.00 bits per heavy atom. The van der Waals surface area contributed by atoms with Gasteiger partial charge >= 0.3 is 0 Å². The minimum atomic E-state index is -0.285. The zero-order chi connectivity index (χ0) is 11.8. The van der Waals surface area contributed by atoms with Crippen molar-refractivity contribution in [3.05, 3.63) is 0 Å². The normalized spacial score (nSPS) is 32.8. The Balaban J connectivity index is 0.00000144. The van der Waals surface area contributed by atoms with Crippen LogP contribution in [0, 0.1) is 11.8 Å². The third-order valence-corrected chi connectivity index (χ3v) is 4.16. The number of nitrogens with zero attached hydrogens (tertiary/aromatic N) is 1. The molecule has 2 atom stereocenters. The van der Waals surface area contributed by atoms with Gasteiger partial charge in [0.05, 0.1) is 5.92 Å². The highest BCUT2D eigenvalue weighted by Crippen LogP contribution is 2.34. The van der Waals surface area contributed by atoms with Crippen molar-refractivity contribution >= 4 is 18.3 Å². The van der Waals surface area contributed by atoms with Gasteiger partial charge in [-0.05, 0) is 38.5 Å². The van der Waals surface area contributed by atoms with E-state index in [0.717, 1.165) is 31.7 Å². The van der Waals surface area contributed by atoms with Crippen LogP contribution >= 0.6 is 12.4 Å². The van der Waals surface area contributed by atoms with Gasteiger partial charge in [-0.25, -0.2) is 0 Å². The number of hydrogen-bond donors (Lipinski definition) is 1. The first-order valence-corrected chi connectivity index (χ1v) is 6.54. The van der Waals surface area contributed by atoms with E-state index in [1.807, 2.05) is 18.9 Å². The summed E-state index contributed by atoms with van der Waals surface area (Å²) in [5.74, 6) is 1.09. The van der Waals surface area contributed by atoms with E-state index in [-0.39, 0.29) is 29.8 Å². The van der Waals surface area contributed by atoms with Crippen LogP contribution in [-0.4, -0.2) is 29.9 Å². The van der Waals surface area contributed by atoms with Crippen LogP contribution in [0.5, 0.6) is 0 Å². The number of carbonyl (C=O) groups is 1. The summed E-state index contributed by atoms with van der Waals surface area (Å²) in [6.07, 6.45) is 6.87. The molecule has 2 aliphatic rings. The first-order chi connectivity index (χ1) is 7.50. The Morgan fingerprint density at radius 1 is 1.35 bits per heavy atom. The van der Waals surface area contributed by atoms with E-state index in [0.29, 0.717) is 0 Å². The first-order valence-electron chi connectivity index (χ1n) is 6.54. The van der Waals surface area contributed by atoms with Gasteiger partial charge in [-0.2, -0.15) is 0 Å². The molecule has 0 aromatic rings. The fourth-order valence-corrected chi connectivity index (χ4v) is 2.81. The summed E-state index contributed by atoms with van der Waals surface area (Å²) in [4.78, 5) is 14.2. The molecule has 2 N–H and O–H groups in total. The Kier molecular flexibility index (Phi) is 4.85. The van der Waals surface area contributed by atoms with Gasteiger partial charge in [-0.15, -0.1) is 12.4 Å². The highest BCUT2D eigenvalue weighted by Gasteiger charge is 2.39. The summed E-state index contributed by atoms with van der Waals surface area (Å²) in [5.41, 5.74) is 5.98. The van der Waals surface area contributed by atoms with E-state index in [2.05, 4.69) is 0 Å². The largest absolute Gasteiger partial charge is 0.345 e. The van der Waals surface area contributed by atoms with Crippen LogP contribution in [0.25, 0.3) is 0 Å². The molecule has 2 saturated carbocycles. The van der Waals surface area contributed by atoms with E-state index in [1.165, 1.54) is 19.3 Å². The maximum atomic E-state index is 12.3. The van der Waals surface area contributed by atoms with Gasteiger partial charge in [0, 0.05) is 19.1 Å². The van der Waals surface area contributed by atoms with Crippen LogP contribution in [-0.2, 0) is 4.79 Å². The third kappa shape index (κ3) is 3.59. The summed E-state index contributed by atoms with van der Waals surface area (Å²) < 4.78 is 0. The van der Waals surface area contributed by atoms with Crippen LogP contribution < -0.4 is 5.73 Å². The summed E-state index contributed by atoms with van der Waals surface area (Å²) in [7, 11) is 1.94. The van der Waals surface area contributed by atoms with Crippen LogP contribution in [0.4, 0.5) is 0 Å². The van der Waals surface area contributed by atoms with Gasteiger partial charge in [-0.3, -0.25) is 4.79 Å². The highest BCUT2D eigenvalue weighted by atomic mass is 35.5. The van der Waals surface area contributed by atoms with Crippen LogP contribution in [0.1, 0.15) is 45.4 Å². The molecule has 2 fully saturated rings. The number of hydrogen-bond acceptors (Lipinski definition) is 2. The molecule has 0 aromatic heterocycles. The molecule has 2 aliphatic carbocycles. The topological polar surface area (TPSA) is 46.3 Å². The van der Waals surface area contributed by atoms with Crippen LogP contribution in [0.3, 0.4) is 0 Å². The van der Waals surface area contributed by atoms with Crippen molar-refractivity contribution in [3.8, 4) is 0 Å². The standard InChI is InChI=1S/C13H24N2O.ClH/c1-13(14)8-4-3-5-11(13)12(16)15(2)9-10-6-7-10;/h10-11H,3-9,14H2,1-2H3;1H. The Bertz CT molecular complexity index is 277. The summed E-state index contributed by atoms with van der Waals surface area (Å²) in [6.45, 7) is 2.98. The number of halogens is 1. The molecule has 0 spiro atoms. The third-order valence-electron chi connectivity index (χ3n) is 4.16. The lowest BCUT2D eigenvalue weighted by Gasteiger charge is -2.39. The van der Waals surface area contributed by atoms with Crippen molar-refractivity contribution in [1.82, 2.24) is 4.90 Å². The molecular weight excluding hydrogens is 236 g/mol. The van der Waals surface area contributed by atoms with Crippen molar-refractivity contribution < 1.29 is 4.79 Å². The molecule has 0 radical (unpaired) electrons. The predicted octanol–water partition coefficient (Wildman–Crippen LogP) is 2.18. The Labute approximate surface area is 111 Å². The van der Waals surface area contributed by atoms with Crippen molar-refractivity contribution in [2.45, 2.75) is 51.0 Å². The molecule has 3 nitrogen and oxygen atoms in total. The fraction of sp³-hybridized carbons (Fsp3) is 0.923. The van der Waals surface area contributed by atoms with E-state index >= 15 is 0 Å². The molecule has 2 rings (SSSR count). The highest BCUT2D eigenvalue weighted by molar-refractivity contribution is 5.85. The molecule has 17 heavy (non-hydrogen) atoms. The fourth-order valence-electron chi connectivity index (χ4n) is 2.81. The first kappa shape index (κ1) is 14.8. The summed E-state index contributed by atoms with van der Waals surface area (Å²) >= 11 is 0. The van der Waals surface area contributed by atoms with Crippen LogP contribution in [0.15, 0.2) is 0 Å². The average molecular weight is 261 g/mol. The number of amides is 1. The molecule has 0 saturated heterocycles. The molecule has 1 amide bonds. The van der Waals surface area contributed by atoms with E-state index in [1.54, 1.807) is 0 Å². The second-order valence-electron chi connectivity index (χ2n) is 5.97. The van der Waals surface area contributed by atoms with Crippen molar-refractivity contribution in [1.29, 1.82) is 0 Å². The van der Waals surface area contributed by atoms with E-state index in [9.17, 15) is 4.79 Å².